The predicted octanol–water partition coefficient (Wildman–Crippen LogP) is 2.35. The number of hydrogen-bond donors (Lipinski definition) is 1. The first-order chi connectivity index (χ1) is 9.04. The van der Waals surface area contributed by atoms with E-state index in [4.69, 9.17) is 14.0 Å². The number of ether oxygens (including phenoxy) is 2. The van der Waals surface area contributed by atoms with Crippen molar-refractivity contribution in [3.8, 4) is 11.5 Å². The summed E-state index contributed by atoms with van der Waals surface area (Å²) in [5.41, 5.74) is 0. The van der Waals surface area contributed by atoms with E-state index in [-0.39, 0.29) is 30.7 Å². The normalized spacial score (nSPS) is 17.6. The zero-order chi connectivity index (χ0) is 13.7. The summed E-state index contributed by atoms with van der Waals surface area (Å²) in [5, 5.41) is 3.87. The molecule has 0 amide bonds. The maximum absolute atomic E-state index is 10.5. The van der Waals surface area contributed by atoms with Gasteiger partial charge >= 0.3 is 0 Å². The summed E-state index contributed by atoms with van der Waals surface area (Å²) in [6, 6.07) is 0. The first-order valence-corrected chi connectivity index (χ1v) is 8.90. The number of fused-ring (bicyclic) bond motifs is 1. The van der Waals surface area contributed by atoms with Gasteiger partial charge in [0.05, 0.1) is 5.75 Å². The molecule has 0 saturated carbocycles. The van der Waals surface area contributed by atoms with Gasteiger partial charge in [0, 0.05) is 29.6 Å². The molecule has 1 N–H and O–H groups in total. The van der Waals surface area contributed by atoms with Crippen LogP contribution in [0.2, 0.25) is 0 Å². The van der Waals surface area contributed by atoms with Gasteiger partial charge in [0.25, 0.3) is 10.1 Å². The van der Waals surface area contributed by atoms with Gasteiger partial charge < -0.3 is 9.47 Å². The van der Waals surface area contributed by atoms with Crippen LogP contribution in [-0.2, 0) is 10.1 Å². The van der Waals surface area contributed by atoms with Crippen LogP contribution < -0.4 is 9.47 Å². The van der Waals surface area contributed by atoms with Gasteiger partial charge in [0.15, 0.2) is 11.5 Å². The van der Waals surface area contributed by atoms with Crippen LogP contribution in [0, 0.1) is 0 Å². The van der Waals surface area contributed by atoms with Crippen LogP contribution in [-0.4, -0.2) is 50.3 Å². The molecule has 2 rings (SSSR count). The average molecular weight is 313 g/mol. The maximum Gasteiger partial charge on any atom is 0.264 e. The minimum Gasteiger partial charge on any atom is -0.485 e. The van der Waals surface area contributed by atoms with Crippen molar-refractivity contribution in [3.63, 3.8) is 0 Å². The third-order valence-corrected chi connectivity index (χ3v) is 4.49. The van der Waals surface area contributed by atoms with Gasteiger partial charge in [-0.25, -0.2) is 0 Å². The van der Waals surface area contributed by atoms with E-state index in [9.17, 15) is 8.42 Å². The van der Waals surface area contributed by atoms with Crippen molar-refractivity contribution in [2.24, 2.45) is 0 Å². The fourth-order valence-corrected chi connectivity index (χ4v) is 3.25. The molecule has 1 aromatic rings. The summed E-state index contributed by atoms with van der Waals surface area (Å²) < 4.78 is 41.0. The van der Waals surface area contributed by atoms with Gasteiger partial charge in [-0.15, -0.1) is 11.3 Å². The summed E-state index contributed by atoms with van der Waals surface area (Å²) in [4.78, 5) is 0. The molecule has 1 aliphatic heterocycles. The third kappa shape index (κ3) is 6.06. The van der Waals surface area contributed by atoms with Crippen LogP contribution in [0.3, 0.4) is 0 Å². The summed E-state index contributed by atoms with van der Waals surface area (Å²) >= 11 is 1.56. The minimum atomic E-state index is -3.80. The zero-order valence-corrected chi connectivity index (χ0v) is 13.2. The smallest absolute Gasteiger partial charge is 0.264 e. The largest absolute Gasteiger partial charge is 0.485 e. The van der Waals surface area contributed by atoms with E-state index in [1.54, 1.807) is 11.3 Å². The third-order valence-electron chi connectivity index (χ3n) is 2.99. The fraction of sp³-hybridized carbons (Fsp3) is 0.667. The van der Waals surface area contributed by atoms with Gasteiger partial charge in [0.2, 0.25) is 0 Å². The number of thiophene rings is 1. The summed E-state index contributed by atoms with van der Waals surface area (Å²) in [5.74, 6) is 1.51. The molecule has 5 nitrogen and oxygen atoms in total. The second-order valence-corrected chi connectivity index (χ2v) is 6.96. The van der Waals surface area contributed by atoms with E-state index in [0.29, 0.717) is 13.0 Å². The van der Waals surface area contributed by atoms with Crippen molar-refractivity contribution in [2.45, 2.75) is 38.2 Å². The minimum absolute atomic E-state index is 0. The number of rotatable bonds is 7. The number of unbranched alkanes of at least 4 members (excludes halogenated alkanes) is 3. The molecule has 1 atom stereocenters. The standard InChI is InChI=1S/C12H18O5S2.Li/c13-19(14,15)6-4-2-1-3-5-10-7-16-11-8-18-9-12(11)17-10;/h8-10H,1-7H2,(H,13,14,15);. The van der Waals surface area contributed by atoms with Crippen LogP contribution in [0.5, 0.6) is 11.5 Å². The van der Waals surface area contributed by atoms with Crippen LogP contribution >= 0.6 is 11.3 Å². The topological polar surface area (TPSA) is 72.8 Å². The SMILES string of the molecule is O=S(=O)(O)CCCCCCC1COc2cscc2O1.[Li]. The van der Waals surface area contributed by atoms with Crippen molar-refractivity contribution >= 4 is 40.3 Å². The van der Waals surface area contributed by atoms with E-state index in [2.05, 4.69) is 0 Å². The molecule has 0 aliphatic carbocycles. The number of hydrogen-bond acceptors (Lipinski definition) is 5. The van der Waals surface area contributed by atoms with Crippen LogP contribution in [0.15, 0.2) is 10.8 Å². The molecule has 2 heterocycles. The molecule has 1 unspecified atom stereocenters. The van der Waals surface area contributed by atoms with Crippen LogP contribution in [0.25, 0.3) is 0 Å². The first-order valence-electron chi connectivity index (χ1n) is 6.35. The Bertz CT molecular complexity index is 500. The Kier molecular flexibility index (Phi) is 7.41. The average Bonchev–Trinajstić information content (AvgIpc) is 2.79. The van der Waals surface area contributed by atoms with Crippen LogP contribution in [0.4, 0.5) is 0 Å². The van der Waals surface area contributed by atoms with E-state index >= 15 is 0 Å². The van der Waals surface area contributed by atoms with E-state index in [1.807, 2.05) is 10.8 Å². The molecule has 0 aromatic carbocycles. The fourth-order valence-electron chi connectivity index (χ4n) is 2.01. The van der Waals surface area contributed by atoms with Gasteiger partial charge in [-0.2, -0.15) is 8.42 Å². The Labute approximate surface area is 135 Å². The second kappa shape index (κ2) is 8.30. The van der Waals surface area contributed by atoms with Crippen LogP contribution in [0.1, 0.15) is 32.1 Å². The molecule has 20 heavy (non-hydrogen) atoms. The zero-order valence-electron chi connectivity index (χ0n) is 11.6. The Morgan fingerprint density at radius 1 is 1.20 bits per heavy atom. The molecule has 109 valence electrons. The van der Waals surface area contributed by atoms with E-state index < -0.39 is 10.1 Å². The quantitative estimate of drug-likeness (QED) is 0.475. The van der Waals surface area contributed by atoms with Crippen molar-refractivity contribution in [1.29, 1.82) is 0 Å². The molecule has 0 saturated heterocycles. The summed E-state index contributed by atoms with van der Waals surface area (Å²) in [6.45, 7) is 0.578. The van der Waals surface area contributed by atoms with Gasteiger partial charge in [-0.05, 0) is 19.3 Å². The second-order valence-electron chi connectivity index (χ2n) is 4.64. The first kappa shape index (κ1) is 17.9. The van der Waals surface area contributed by atoms with Crippen molar-refractivity contribution in [1.82, 2.24) is 0 Å². The molecule has 0 fully saturated rings. The molecule has 1 aliphatic rings. The molecular formula is C12H18LiO5S2. The Balaban J connectivity index is 0.00000200. The van der Waals surface area contributed by atoms with Crippen molar-refractivity contribution in [3.05, 3.63) is 10.8 Å². The molecular weight excluding hydrogens is 295 g/mol. The van der Waals surface area contributed by atoms with E-state index in [0.717, 1.165) is 37.2 Å². The Hall–Kier alpha value is -0.193. The maximum atomic E-state index is 10.5. The Morgan fingerprint density at radius 2 is 1.90 bits per heavy atom. The predicted molar refractivity (Wildman–Crippen MR) is 79.5 cm³/mol. The van der Waals surface area contributed by atoms with Crippen molar-refractivity contribution in [2.75, 3.05) is 12.4 Å². The van der Waals surface area contributed by atoms with Gasteiger partial charge in [0.1, 0.15) is 12.7 Å². The molecule has 1 aromatic heterocycles. The summed E-state index contributed by atoms with van der Waals surface area (Å²) in [6.07, 6.45) is 4.21. The molecule has 1 radical (unpaired) electrons. The molecule has 8 heteroatoms. The molecule has 0 bridgehead atoms. The van der Waals surface area contributed by atoms with Crippen molar-refractivity contribution < 1.29 is 22.4 Å². The Morgan fingerprint density at radius 3 is 2.65 bits per heavy atom. The molecule has 0 spiro atoms. The monoisotopic (exact) mass is 313 g/mol. The summed E-state index contributed by atoms with van der Waals surface area (Å²) in [7, 11) is -3.80. The van der Waals surface area contributed by atoms with E-state index in [1.165, 1.54) is 0 Å². The van der Waals surface area contributed by atoms with Gasteiger partial charge in [-0.1, -0.05) is 12.8 Å². The van der Waals surface area contributed by atoms with Gasteiger partial charge in [-0.3, -0.25) is 4.55 Å².